The molecule has 1 aromatic rings. The first-order chi connectivity index (χ1) is 10.0. The lowest BCUT2D eigenvalue weighted by molar-refractivity contribution is -0.137. The van der Waals surface area contributed by atoms with E-state index in [1.165, 1.54) is 0 Å². The zero-order valence-electron chi connectivity index (χ0n) is 12.0. The van der Waals surface area contributed by atoms with Gasteiger partial charge in [-0.25, -0.2) is 0 Å². The highest BCUT2D eigenvalue weighted by molar-refractivity contribution is 7.86. The number of rotatable bonds is 6. The van der Waals surface area contributed by atoms with Gasteiger partial charge in [0.1, 0.15) is 0 Å². The number of hydrogen-bond donors (Lipinski definition) is 1. The fourth-order valence-electron chi connectivity index (χ4n) is 1.65. The molecule has 0 aromatic heterocycles. The van der Waals surface area contributed by atoms with E-state index < -0.39 is 33.9 Å². The Morgan fingerprint density at radius 3 is 2.23 bits per heavy atom. The Labute approximate surface area is 126 Å². The van der Waals surface area contributed by atoms with Crippen molar-refractivity contribution in [3.05, 3.63) is 29.8 Å². The standard InChI is InChI=1S/C13H16F3NO4S/c1-3-11(21-22(2,19)20)8-12(18)17-10-6-4-9(5-7-10)13(14,15)16/h4-7,11H,3,8H2,1-2H3,(H,17,18). The molecule has 1 N–H and O–H groups in total. The van der Waals surface area contributed by atoms with Crippen LogP contribution >= 0.6 is 0 Å². The molecule has 0 aliphatic heterocycles. The zero-order chi connectivity index (χ0) is 17.0. The van der Waals surface area contributed by atoms with Crippen LogP contribution in [-0.4, -0.2) is 26.7 Å². The van der Waals surface area contributed by atoms with E-state index in [9.17, 15) is 26.4 Å². The van der Waals surface area contributed by atoms with Gasteiger partial charge in [-0.1, -0.05) is 6.92 Å². The second-order valence-electron chi connectivity index (χ2n) is 4.66. The third kappa shape index (κ3) is 6.44. The summed E-state index contributed by atoms with van der Waals surface area (Å²) >= 11 is 0. The number of carbonyl (C=O) groups is 1. The number of anilines is 1. The summed E-state index contributed by atoms with van der Waals surface area (Å²) in [4.78, 5) is 11.7. The van der Waals surface area contributed by atoms with Gasteiger partial charge in [-0.15, -0.1) is 0 Å². The third-order valence-electron chi connectivity index (χ3n) is 2.68. The second-order valence-corrected chi connectivity index (χ2v) is 6.26. The summed E-state index contributed by atoms with van der Waals surface area (Å²) in [5, 5.41) is 2.39. The number of halogens is 3. The lowest BCUT2D eigenvalue weighted by Gasteiger charge is -2.14. The highest BCUT2D eigenvalue weighted by atomic mass is 32.2. The Hall–Kier alpha value is -1.61. The third-order valence-corrected chi connectivity index (χ3v) is 3.30. The minimum atomic E-state index is -4.45. The maximum Gasteiger partial charge on any atom is 0.416 e. The van der Waals surface area contributed by atoms with Gasteiger partial charge >= 0.3 is 6.18 Å². The van der Waals surface area contributed by atoms with Crippen molar-refractivity contribution in [3.63, 3.8) is 0 Å². The Bertz CT molecular complexity index is 611. The predicted octanol–water partition coefficient (Wildman–Crippen LogP) is 2.79. The van der Waals surface area contributed by atoms with E-state index >= 15 is 0 Å². The van der Waals surface area contributed by atoms with Crippen molar-refractivity contribution in [2.45, 2.75) is 32.0 Å². The van der Waals surface area contributed by atoms with E-state index in [0.29, 0.717) is 6.42 Å². The quantitative estimate of drug-likeness (QED) is 0.809. The zero-order valence-corrected chi connectivity index (χ0v) is 12.8. The van der Waals surface area contributed by atoms with E-state index in [-0.39, 0.29) is 12.1 Å². The van der Waals surface area contributed by atoms with E-state index in [1.807, 2.05) is 0 Å². The lowest BCUT2D eigenvalue weighted by Crippen LogP contribution is -2.24. The molecule has 0 aliphatic carbocycles. The minimum Gasteiger partial charge on any atom is -0.326 e. The fraction of sp³-hybridized carbons (Fsp3) is 0.462. The molecule has 0 saturated heterocycles. The van der Waals surface area contributed by atoms with Gasteiger partial charge in [0.2, 0.25) is 5.91 Å². The Kier molecular flexibility index (Phi) is 5.95. The molecule has 1 aromatic carbocycles. The summed E-state index contributed by atoms with van der Waals surface area (Å²) in [5.41, 5.74) is -0.635. The van der Waals surface area contributed by atoms with Crippen molar-refractivity contribution in [1.29, 1.82) is 0 Å². The molecule has 22 heavy (non-hydrogen) atoms. The maximum atomic E-state index is 12.4. The Morgan fingerprint density at radius 2 is 1.82 bits per heavy atom. The first kappa shape index (κ1) is 18.4. The smallest absolute Gasteiger partial charge is 0.326 e. The monoisotopic (exact) mass is 339 g/mol. The van der Waals surface area contributed by atoms with Gasteiger partial charge in [0.05, 0.1) is 24.3 Å². The Balaban J connectivity index is 2.65. The van der Waals surface area contributed by atoms with Crippen molar-refractivity contribution >= 4 is 21.7 Å². The number of benzene rings is 1. The number of alkyl halides is 3. The van der Waals surface area contributed by atoms with E-state index in [1.54, 1.807) is 6.92 Å². The van der Waals surface area contributed by atoms with Crippen LogP contribution in [0.15, 0.2) is 24.3 Å². The number of nitrogens with one attached hydrogen (secondary N) is 1. The summed E-state index contributed by atoms with van der Waals surface area (Å²) in [6.45, 7) is 1.65. The van der Waals surface area contributed by atoms with Crippen LogP contribution in [0.1, 0.15) is 25.3 Å². The maximum absolute atomic E-state index is 12.4. The van der Waals surface area contributed by atoms with Crippen LogP contribution < -0.4 is 5.32 Å². The molecule has 0 saturated carbocycles. The molecule has 0 aliphatic rings. The highest BCUT2D eigenvalue weighted by Gasteiger charge is 2.30. The molecular weight excluding hydrogens is 323 g/mol. The summed E-state index contributed by atoms with van der Waals surface area (Å²) < 4.78 is 63.9. The van der Waals surface area contributed by atoms with Crippen LogP contribution in [0.3, 0.4) is 0 Å². The van der Waals surface area contributed by atoms with Crippen LogP contribution in [0.25, 0.3) is 0 Å². The molecule has 0 bridgehead atoms. The fourth-order valence-corrected chi connectivity index (χ4v) is 2.35. The predicted molar refractivity (Wildman–Crippen MR) is 74.7 cm³/mol. The molecule has 0 fully saturated rings. The number of amides is 1. The molecule has 1 unspecified atom stereocenters. The highest BCUT2D eigenvalue weighted by Crippen LogP contribution is 2.29. The van der Waals surface area contributed by atoms with Gasteiger partial charge in [-0.05, 0) is 30.7 Å². The van der Waals surface area contributed by atoms with Crippen LogP contribution in [0.5, 0.6) is 0 Å². The SMILES string of the molecule is CCC(CC(=O)Nc1ccc(C(F)(F)F)cc1)OS(C)(=O)=O. The number of hydrogen-bond acceptors (Lipinski definition) is 4. The van der Waals surface area contributed by atoms with Crippen molar-refractivity contribution in [2.24, 2.45) is 0 Å². The molecule has 124 valence electrons. The molecule has 0 heterocycles. The van der Waals surface area contributed by atoms with Crippen LogP contribution in [0.4, 0.5) is 18.9 Å². The summed E-state index contributed by atoms with van der Waals surface area (Å²) in [7, 11) is -3.68. The number of carbonyl (C=O) groups excluding carboxylic acids is 1. The molecule has 1 atom stereocenters. The van der Waals surface area contributed by atoms with Gasteiger partial charge < -0.3 is 5.32 Å². The second kappa shape index (κ2) is 7.10. The molecular formula is C13H16F3NO4S. The first-order valence-corrected chi connectivity index (χ1v) is 8.18. The van der Waals surface area contributed by atoms with Crippen LogP contribution in [0.2, 0.25) is 0 Å². The molecule has 0 spiro atoms. The van der Waals surface area contributed by atoms with Crippen LogP contribution in [-0.2, 0) is 25.3 Å². The summed E-state index contributed by atoms with van der Waals surface area (Å²) in [6.07, 6.45) is -4.30. The molecule has 1 rings (SSSR count). The van der Waals surface area contributed by atoms with Crippen LogP contribution in [0, 0.1) is 0 Å². The first-order valence-electron chi connectivity index (χ1n) is 6.36. The van der Waals surface area contributed by atoms with E-state index in [2.05, 4.69) is 5.32 Å². The summed E-state index contributed by atoms with van der Waals surface area (Å²) in [5.74, 6) is -0.546. The molecule has 5 nitrogen and oxygen atoms in total. The normalized spacial score (nSPS) is 13.7. The average Bonchev–Trinajstić information content (AvgIpc) is 2.35. The van der Waals surface area contributed by atoms with Crippen molar-refractivity contribution in [2.75, 3.05) is 11.6 Å². The lowest BCUT2D eigenvalue weighted by atomic mass is 10.1. The van der Waals surface area contributed by atoms with E-state index in [0.717, 1.165) is 30.5 Å². The van der Waals surface area contributed by atoms with E-state index in [4.69, 9.17) is 4.18 Å². The van der Waals surface area contributed by atoms with Crippen molar-refractivity contribution in [3.8, 4) is 0 Å². The molecule has 0 radical (unpaired) electrons. The average molecular weight is 339 g/mol. The summed E-state index contributed by atoms with van der Waals surface area (Å²) in [6, 6.07) is 3.94. The van der Waals surface area contributed by atoms with Gasteiger partial charge in [-0.2, -0.15) is 21.6 Å². The van der Waals surface area contributed by atoms with Gasteiger partial charge in [-0.3, -0.25) is 8.98 Å². The van der Waals surface area contributed by atoms with Gasteiger partial charge in [0.25, 0.3) is 10.1 Å². The van der Waals surface area contributed by atoms with Crippen molar-refractivity contribution < 1.29 is 30.6 Å². The topological polar surface area (TPSA) is 72.5 Å². The molecule has 9 heteroatoms. The van der Waals surface area contributed by atoms with Gasteiger partial charge in [0.15, 0.2) is 0 Å². The van der Waals surface area contributed by atoms with Crippen molar-refractivity contribution in [1.82, 2.24) is 0 Å². The minimum absolute atomic E-state index is 0.187. The molecule has 1 amide bonds. The largest absolute Gasteiger partial charge is 0.416 e. The van der Waals surface area contributed by atoms with Gasteiger partial charge in [0, 0.05) is 5.69 Å². The Morgan fingerprint density at radius 1 is 1.27 bits per heavy atom.